The van der Waals surface area contributed by atoms with Crippen LogP contribution < -0.4 is 0 Å². The normalized spacial score (nSPS) is 43.4. The lowest BCUT2D eigenvalue weighted by molar-refractivity contribution is 0.00718. The molecule has 3 aliphatic rings. The molecule has 0 radical (unpaired) electrons. The van der Waals surface area contributed by atoms with Crippen LogP contribution in [0.1, 0.15) is 12.8 Å². The molecule has 7 nitrogen and oxygen atoms in total. The number of rotatable bonds is 2. The van der Waals surface area contributed by atoms with Crippen LogP contribution >= 0.6 is 0 Å². The molecular weight excluding hydrogens is 250 g/mol. The Morgan fingerprint density at radius 1 is 1.35 bits per heavy atom. The maximum absolute atomic E-state index is 11.1. The fourth-order valence-corrected chi connectivity index (χ4v) is 3.71. The van der Waals surface area contributed by atoms with E-state index in [1.54, 1.807) is 0 Å². The Bertz CT molecular complexity index is 444. The zero-order valence-corrected chi connectivity index (χ0v) is 9.96. The van der Waals surface area contributed by atoms with Crippen molar-refractivity contribution in [2.75, 3.05) is 6.26 Å². The molecule has 0 aromatic heterocycles. The van der Waals surface area contributed by atoms with Gasteiger partial charge in [0.1, 0.15) is 12.2 Å². The second-order valence-electron chi connectivity index (χ2n) is 4.78. The van der Waals surface area contributed by atoms with Crippen molar-refractivity contribution in [3.8, 4) is 0 Å². The van der Waals surface area contributed by atoms with Crippen LogP contribution in [0.15, 0.2) is 0 Å². The Morgan fingerprint density at radius 3 is 2.29 bits per heavy atom. The number of morpholine rings is 1. The van der Waals surface area contributed by atoms with Crippen LogP contribution in [-0.2, 0) is 19.0 Å². The van der Waals surface area contributed by atoms with Crippen LogP contribution in [0, 0.1) is 0 Å². The summed E-state index contributed by atoms with van der Waals surface area (Å²) < 4.78 is 32.4. The SMILES string of the molecule is CS(=O)(=O)OC1CC2C3OC3C(C1)N2C(=O)O. The number of hydrogen-bond acceptors (Lipinski definition) is 5. The number of amides is 1. The molecule has 3 rings (SSSR count). The third kappa shape index (κ3) is 1.80. The molecule has 0 aliphatic carbocycles. The van der Waals surface area contributed by atoms with Crippen molar-refractivity contribution in [2.45, 2.75) is 43.2 Å². The number of ether oxygens (including phenoxy) is 1. The summed E-state index contributed by atoms with van der Waals surface area (Å²) in [5.41, 5.74) is 0. The first-order chi connectivity index (χ1) is 7.87. The lowest BCUT2D eigenvalue weighted by Gasteiger charge is -2.38. The summed E-state index contributed by atoms with van der Waals surface area (Å²) in [4.78, 5) is 12.5. The van der Waals surface area contributed by atoms with E-state index in [0.29, 0.717) is 12.8 Å². The third-order valence-electron chi connectivity index (χ3n) is 3.58. The van der Waals surface area contributed by atoms with Crippen molar-refractivity contribution in [3.63, 3.8) is 0 Å². The fraction of sp³-hybridized carbons (Fsp3) is 0.889. The van der Waals surface area contributed by atoms with Crippen molar-refractivity contribution < 1.29 is 27.2 Å². The van der Waals surface area contributed by atoms with Crippen LogP contribution in [0.2, 0.25) is 0 Å². The Hall–Kier alpha value is -0.860. The largest absolute Gasteiger partial charge is 0.465 e. The van der Waals surface area contributed by atoms with Gasteiger partial charge in [-0.25, -0.2) is 4.79 Å². The van der Waals surface area contributed by atoms with Crippen molar-refractivity contribution in [3.05, 3.63) is 0 Å². The molecule has 2 bridgehead atoms. The Kier molecular flexibility index (Phi) is 2.20. The van der Waals surface area contributed by atoms with Gasteiger partial charge in [0.15, 0.2) is 0 Å². The zero-order chi connectivity index (χ0) is 12.4. The van der Waals surface area contributed by atoms with E-state index in [0.717, 1.165) is 6.26 Å². The molecule has 1 amide bonds. The highest BCUT2D eigenvalue weighted by Gasteiger charge is 2.65. The summed E-state index contributed by atoms with van der Waals surface area (Å²) in [6, 6.07) is -0.522. The molecule has 96 valence electrons. The molecule has 0 aromatic rings. The summed E-state index contributed by atoms with van der Waals surface area (Å²) >= 11 is 0. The van der Waals surface area contributed by atoms with Gasteiger partial charge >= 0.3 is 6.09 Å². The van der Waals surface area contributed by atoms with Gasteiger partial charge in [-0.15, -0.1) is 0 Å². The molecule has 4 unspecified atom stereocenters. The summed E-state index contributed by atoms with van der Waals surface area (Å²) in [5, 5.41) is 9.09. The van der Waals surface area contributed by atoms with Gasteiger partial charge < -0.3 is 9.84 Å². The van der Waals surface area contributed by atoms with E-state index in [1.807, 2.05) is 0 Å². The van der Waals surface area contributed by atoms with Crippen LogP contribution in [0.25, 0.3) is 0 Å². The van der Waals surface area contributed by atoms with Crippen LogP contribution in [0.5, 0.6) is 0 Å². The standard InChI is InChI=1S/C9H13NO6S/c1-17(13,14)16-4-2-5-7-8(15-7)6(3-4)10(5)9(11)12/h4-8H,2-3H2,1H3,(H,11,12). The molecule has 4 atom stereocenters. The van der Waals surface area contributed by atoms with Gasteiger partial charge in [0, 0.05) is 0 Å². The van der Waals surface area contributed by atoms with Gasteiger partial charge in [0.25, 0.3) is 10.1 Å². The first-order valence-electron chi connectivity index (χ1n) is 5.42. The van der Waals surface area contributed by atoms with Gasteiger partial charge in [0.2, 0.25) is 0 Å². The molecule has 0 saturated carbocycles. The van der Waals surface area contributed by atoms with Gasteiger partial charge in [-0.05, 0) is 12.8 Å². The number of hydrogen-bond donors (Lipinski definition) is 1. The second-order valence-corrected chi connectivity index (χ2v) is 6.38. The van der Waals surface area contributed by atoms with E-state index in [2.05, 4.69) is 0 Å². The van der Waals surface area contributed by atoms with Gasteiger partial charge in [-0.1, -0.05) is 0 Å². The average molecular weight is 263 g/mol. The molecule has 1 N–H and O–H groups in total. The lowest BCUT2D eigenvalue weighted by atomic mass is 9.99. The Morgan fingerprint density at radius 2 is 1.88 bits per heavy atom. The van der Waals surface area contributed by atoms with E-state index >= 15 is 0 Å². The number of epoxide rings is 1. The summed E-state index contributed by atoms with van der Waals surface area (Å²) in [7, 11) is -3.49. The van der Waals surface area contributed by atoms with E-state index in [9.17, 15) is 13.2 Å². The predicted molar refractivity (Wildman–Crippen MR) is 55.1 cm³/mol. The first-order valence-corrected chi connectivity index (χ1v) is 7.23. The maximum Gasteiger partial charge on any atom is 0.407 e. The monoisotopic (exact) mass is 263 g/mol. The highest BCUT2D eigenvalue weighted by molar-refractivity contribution is 7.86. The van der Waals surface area contributed by atoms with Crippen molar-refractivity contribution >= 4 is 16.2 Å². The summed E-state index contributed by atoms with van der Waals surface area (Å²) in [6.07, 6.45) is 0.262. The van der Waals surface area contributed by atoms with Gasteiger partial charge in [-0.3, -0.25) is 9.08 Å². The van der Waals surface area contributed by atoms with E-state index in [1.165, 1.54) is 4.90 Å². The van der Waals surface area contributed by atoms with E-state index in [-0.39, 0.29) is 24.3 Å². The summed E-state index contributed by atoms with van der Waals surface area (Å²) in [6.45, 7) is 0. The van der Waals surface area contributed by atoms with Crippen LogP contribution in [0.3, 0.4) is 0 Å². The third-order valence-corrected chi connectivity index (χ3v) is 4.20. The number of fused-ring (bicyclic) bond motifs is 5. The molecule has 0 aromatic carbocycles. The van der Waals surface area contributed by atoms with Gasteiger partial charge in [0.05, 0.1) is 24.4 Å². The molecule has 0 spiro atoms. The molecule has 3 fully saturated rings. The second kappa shape index (κ2) is 3.33. The zero-order valence-electron chi connectivity index (χ0n) is 9.14. The Labute approximate surface area is 98.4 Å². The Balaban J connectivity index is 1.77. The number of carbonyl (C=O) groups is 1. The molecule has 17 heavy (non-hydrogen) atoms. The lowest BCUT2D eigenvalue weighted by Crippen LogP contribution is -2.52. The fourth-order valence-electron chi connectivity index (χ4n) is 3.06. The highest BCUT2D eigenvalue weighted by atomic mass is 32.2. The maximum atomic E-state index is 11.1. The minimum Gasteiger partial charge on any atom is -0.465 e. The number of carboxylic acid groups (broad SMARTS) is 1. The minimum absolute atomic E-state index is 0.0655. The van der Waals surface area contributed by atoms with E-state index in [4.69, 9.17) is 14.0 Å². The summed E-state index contributed by atoms with van der Waals surface area (Å²) in [5.74, 6) is 0. The average Bonchev–Trinajstić information content (AvgIpc) is 2.87. The molecule has 3 saturated heterocycles. The molecule has 3 heterocycles. The number of nitrogens with zero attached hydrogens (tertiary/aromatic N) is 1. The topological polar surface area (TPSA) is 96.4 Å². The highest BCUT2D eigenvalue weighted by Crippen LogP contribution is 2.48. The molecular formula is C9H13NO6S. The van der Waals surface area contributed by atoms with Crippen molar-refractivity contribution in [1.82, 2.24) is 4.90 Å². The molecule has 8 heteroatoms. The van der Waals surface area contributed by atoms with Crippen molar-refractivity contribution in [2.24, 2.45) is 0 Å². The number of piperidine rings is 1. The van der Waals surface area contributed by atoms with Crippen LogP contribution in [-0.4, -0.2) is 61.2 Å². The van der Waals surface area contributed by atoms with E-state index < -0.39 is 22.3 Å². The predicted octanol–water partition coefficient (Wildman–Crippen LogP) is -0.377. The first kappa shape index (κ1) is 11.2. The minimum atomic E-state index is -3.49. The molecule has 3 aliphatic heterocycles. The van der Waals surface area contributed by atoms with Crippen LogP contribution in [0.4, 0.5) is 4.79 Å². The van der Waals surface area contributed by atoms with Crippen molar-refractivity contribution in [1.29, 1.82) is 0 Å². The smallest absolute Gasteiger partial charge is 0.407 e. The quantitative estimate of drug-likeness (QED) is 0.539. The van der Waals surface area contributed by atoms with Gasteiger partial charge in [-0.2, -0.15) is 8.42 Å².